The van der Waals surface area contributed by atoms with Gasteiger partial charge in [0.25, 0.3) is 0 Å². The lowest BCUT2D eigenvalue weighted by Gasteiger charge is -1.92. The van der Waals surface area contributed by atoms with Gasteiger partial charge in [-0.05, 0) is 31.1 Å². The topological polar surface area (TPSA) is 0 Å². The minimum absolute atomic E-state index is 0.214. The zero-order valence-corrected chi connectivity index (χ0v) is 7.02. The van der Waals surface area contributed by atoms with Gasteiger partial charge in [-0.2, -0.15) is 0 Å². The summed E-state index contributed by atoms with van der Waals surface area (Å²) < 4.78 is 12.6. The molecule has 0 radical (unpaired) electrons. The first-order chi connectivity index (χ1) is 5.24. The summed E-state index contributed by atoms with van der Waals surface area (Å²) in [6, 6.07) is 0. The van der Waals surface area contributed by atoms with Crippen LogP contribution in [-0.2, 0) is 0 Å². The average molecular weight is 152 g/mol. The Hall–Kier alpha value is -1.07. The van der Waals surface area contributed by atoms with Gasteiger partial charge in [-0.3, -0.25) is 0 Å². The molecule has 0 nitrogen and oxygen atoms in total. The summed E-state index contributed by atoms with van der Waals surface area (Å²) in [6.07, 6.45) is 5.39. The van der Waals surface area contributed by atoms with Crippen molar-refractivity contribution >= 4 is 0 Å². The summed E-state index contributed by atoms with van der Waals surface area (Å²) in [5.41, 5.74) is 3.51. The van der Waals surface area contributed by atoms with Crippen LogP contribution in [0.1, 0.15) is 20.3 Å². The van der Waals surface area contributed by atoms with Crippen molar-refractivity contribution in [1.82, 2.24) is 0 Å². The van der Waals surface area contributed by atoms with Gasteiger partial charge < -0.3 is 0 Å². The van der Waals surface area contributed by atoms with Crippen molar-refractivity contribution in [2.24, 2.45) is 0 Å². The molecule has 0 bridgehead atoms. The zero-order chi connectivity index (χ0) is 8.69. The molecule has 0 fully saturated rings. The second kappa shape index (κ2) is 5.70. The third kappa shape index (κ3) is 4.35. The van der Waals surface area contributed by atoms with Gasteiger partial charge in [0.15, 0.2) is 0 Å². The molecule has 0 aliphatic rings. The lowest BCUT2D eigenvalue weighted by Crippen LogP contribution is -1.74. The second-order valence-corrected chi connectivity index (χ2v) is 2.09. The van der Waals surface area contributed by atoms with Crippen molar-refractivity contribution in [3.8, 4) is 0 Å². The van der Waals surface area contributed by atoms with E-state index in [1.807, 2.05) is 6.92 Å². The Morgan fingerprint density at radius 2 is 2.27 bits per heavy atom. The van der Waals surface area contributed by atoms with E-state index in [9.17, 15) is 4.39 Å². The van der Waals surface area contributed by atoms with Crippen LogP contribution in [0.15, 0.2) is 41.9 Å². The molecule has 0 heterocycles. The van der Waals surface area contributed by atoms with E-state index in [0.717, 1.165) is 12.0 Å². The molecule has 0 aromatic carbocycles. The average Bonchev–Trinajstić information content (AvgIpc) is 2.03. The van der Waals surface area contributed by atoms with Gasteiger partial charge in [-0.25, -0.2) is 4.39 Å². The van der Waals surface area contributed by atoms with Gasteiger partial charge in [0, 0.05) is 0 Å². The molecule has 0 saturated heterocycles. The van der Waals surface area contributed by atoms with E-state index in [1.54, 1.807) is 13.0 Å². The molecule has 0 spiro atoms. The Morgan fingerprint density at radius 3 is 2.64 bits per heavy atom. The van der Waals surface area contributed by atoms with Crippen LogP contribution in [0.2, 0.25) is 0 Å². The molecule has 0 N–H and O–H groups in total. The van der Waals surface area contributed by atoms with Gasteiger partial charge >= 0.3 is 0 Å². The smallest absolute Gasteiger partial charge is 0.119 e. The van der Waals surface area contributed by atoms with Crippen LogP contribution >= 0.6 is 0 Å². The van der Waals surface area contributed by atoms with E-state index in [0.29, 0.717) is 0 Å². The Morgan fingerprint density at radius 1 is 1.64 bits per heavy atom. The van der Waals surface area contributed by atoms with E-state index >= 15 is 0 Å². The molecular weight excluding hydrogens is 139 g/mol. The van der Waals surface area contributed by atoms with Gasteiger partial charge in [-0.15, -0.1) is 5.73 Å². The number of hydrogen-bond donors (Lipinski definition) is 0. The molecular formula is C10H13F. The van der Waals surface area contributed by atoms with Crippen molar-refractivity contribution in [2.45, 2.75) is 20.3 Å². The Balaban J connectivity index is 4.47. The van der Waals surface area contributed by atoms with Crippen molar-refractivity contribution in [3.05, 3.63) is 41.9 Å². The van der Waals surface area contributed by atoms with Crippen LogP contribution in [0.4, 0.5) is 4.39 Å². The lowest BCUT2D eigenvalue weighted by molar-refractivity contribution is 0.663. The minimum Gasteiger partial charge on any atom is -0.207 e. The van der Waals surface area contributed by atoms with Crippen molar-refractivity contribution < 1.29 is 4.39 Å². The van der Waals surface area contributed by atoms with E-state index in [4.69, 9.17) is 0 Å². The Bertz CT molecular complexity index is 215. The van der Waals surface area contributed by atoms with Crippen LogP contribution in [0.3, 0.4) is 0 Å². The molecule has 0 amide bonds. The summed E-state index contributed by atoms with van der Waals surface area (Å²) in [4.78, 5) is 0. The third-order valence-corrected chi connectivity index (χ3v) is 1.29. The summed E-state index contributed by atoms with van der Waals surface area (Å²) in [5, 5.41) is 0. The monoisotopic (exact) mass is 152 g/mol. The minimum atomic E-state index is -0.214. The highest BCUT2D eigenvalue weighted by molar-refractivity contribution is 5.25. The summed E-state index contributed by atoms with van der Waals surface area (Å²) in [5.74, 6) is -0.214. The summed E-state index contributed by atoms with van der Waals surface area (Å²) in [6.45, 7) is 7.04. The first-order valence-corrected chi connectivity index (χ1v) is 3.62. The molecule has 11 heavy (non-hydrogen) atoms. The largest absolute Gasteiger partial charge is 0.207 e. The standard InChI is InChI=1S/C10H13F/c1-4-7-9(5-2)8-10(11)6-3/h6-8H,1,5H2,2-3H3/b9-8-,10-6+. The zero-order valence-electron chi connectivity index (χ0n) is 7.02. The highest BCUT2D eigenvalue weighted by atomic mass is 19.1. The number of halogens is 1. The van der Waals surface area contributed by atoms with E-state index < -0.39 is 0 Å². The molecule has 0 aromatic heterocycles. The first kappa shape index (κ1) is 9.93. The number of hydrogen-bond acceptors (Lipinski definition) is 0. The summed E-state index contributed by atoms with van der Waals surface area (Å²) >= 11 is 0. The second-order valence-electron chi connectivity index (χ2n) is 2.09. The van der Waals surface area contributed by atoms with Crippen LogP contribution in [0, 0.1) is 0 Å². The Labute approximate surface area is 67.4 Å². The summed E-state index contributed by atoms with van der Waals surface area (Å²) in [7, 11) is 0. The van der Waals surface area contributed by atoms with Gasteiger partial charge in [0.05, 0.1) is 0 Å². The maximum absolute atomic E-state index is 12.6. The molecule has 0 unspecified atom stereocenters. The quantitative estimate of drug-likeness (QED) is 0.428. The van der Waals surface area contributed by atoms with Crippen LogP contribution in [-0.4, -0.2) is 0 Å². The van der Waals surface area contributed by atoms with Crippen LogP contribution in [0.25, 0.3) is 0 Å². The molecule has 0 rings (SSSR count). The first-order valence-electron chi connectivity index (χ1n) is 3.62. The molecule has 1 heteroatoms. The Kier molecular flexibility index (Phi) is 5.14. The highest BCUT2D eigenvalue weighted by Crippen LogP contribution is 2.07. The molecule has 0 aliphatic heterocycles. The predicted molar refractivity (Wildman–Crippen MR) is 46.9 cm³/mol. The van der Waals surface area contributed by atoms with Crippen molar-refractivity contribution in [2.75, 3.05) is 0 Å². The third-order valence-electron chi connectivity index (χ3n) is 1.29. The van der Waals surface area contributed by atoms with E-state index in [1.165, 1.54) is 12.2 Å². The number of allylic oxidation sites excluding steroid dienone is 5. The fourth-order valence-corrected chi connectivity index (χ4v) is 0.637. The molecule has 0 aromatic rings. The predicted octanol–water partition coefficient (Wildman–Crippen LogP) is 3.54. The molecule has 60 valence electrons. The van der Waals surface area contributed by atoms with Crippen molar-refractivity contribution in [1.29, 1.82) is 0 Å². The van der Waals surface area contributed by atoms with E-state index in [2.05, 4.69) is 12.3 Å². The van der Waals surface area contributed by atoms with Gasteiger partial charge in [0.1, 0.15) is 5.83 Å². The maximum Gasteiger partial charge on any atom is 0.119 e. The van der Waals surface area contributed by atoms with Crippen molar-refractivity contribution in [3.63, 3.8) is 0 Å². The van der Waals surface area contributed by atoms with Crippen LogP contribution < -0.4 is 0 Å². The lowest BCUT2D eigenvalue weighted by atomic mass is 10.2. The number of rotatable bonds is 3. The van der Waals surface area contributed by atoms with Crippen LogP contribution in [0.5, 0.6) is 0 Å². The highest BCUT2D eigenvalue weighted by Gasteiger charge is 1.89. The molecule has 0 saturated carbocycles. The normalized spacial score (nSPS) is 12.6. The maximum atomic E-state index is 12.6. The molecule has 0 aliphatic carbocycles. The van der Waals surface area contributed by atoms with E-state index in [-0.39, 0.29) is 5.83 Å². The SMILES string of the molecule is C=C=C/C(=C\C(F)=C/C)CC. The fraction of sp³-hybridized carbons (Fsp3) is 0.300. The van der Waals surface area contributed by atoms with Gasteiger partial charge in [0.2, 0.25) is 0 Å². The molecule has 0 atom stereocenters. The van der Waals surface area contributed by atoms with Gasteiger partial charge in [-0.1, -0.05) is 19.6 Å². The fourth-order valence-electron chi connectivity index (χ4n) is 0.637.